The van der Waals surface area contributed by atoms with E-state index in [1.54, 1.807) is 6.20 Å². The minimum absolute atomic E-state index is 0.0424. The van der Waals surface area contributed by atoms with Crippen molar-refractivity contribution in [3.05, 3.63) is 66.1 Å². The van der Waals surface area contributed by atoms with Crippen molar-refractivity contribution >= 4 is 16.8 Å². The molecule has 0 saturated carbocycles. The highest BCUT2D eigenvalue weighted by molar-refractivity contribution is 5.83. The average Bonchev–Trinajstić information content (AvgIpc) is 2.96. The van der Waals surface area contributed by atoms with Crippen molar-refractivity contribution in [1.82, 2.24) is 15.3 Å². The van der Waals surface area contributed by atoms with E-state index in [-0.39, 0.29) is 5.91 Å². The van der Waals surface area contributed by atoms with Gasteiger partial charge in [-0.3, -0.25) is 9.78 Å². The molecule has 0 aliphatic carbocycles. The van der Waals surface area contributed by atoms with E-state index < -0.39 is 0 Å². The quantitative estimate of drug-likeness (QED) is 0.753. The Hall–Kier alpha value is -2.62. The van der Waals surface area contributed by atoms with Crippen molar-refractivity contribution in [2.24, 2.45) is 0 Å². The molecule has 0 saturated heterocycles. The monoisotopic (exact) mass is 279 g/mol. The van der Waals surface area contributed by atoms with Crippen LogP contribution in [0.3, 0.4) is 0 Å². The Kier molecular flexibility index (Phi) is 3.96. The molecule has 2 N–H and O–H groups in total. The van der Waals surface area contributed by atoms with Crippen LogP contribution >= 0.6 is 0 Å². The Labute approximate surface area is 123 Å². The summed E-state index contributed by atoms with van der Waals surface area (Å²) < 4.78 is 0. The highest BCUT2D eigenvalue weighted by Gasteiger charge is 2.04. The van der Waals surface area contributed by atoms with Crippen molar-refractivity contribution < 1.29 is 4.79 Å². The number of fused-ring (bicyclic) bond motifs is 1. The van der Waals surface area contributed by atoms with Crippen LogP contribution in [0.25, 0.3) is 10.9 Å². The van der Waals surface area contributed by atoms with Gasteiger partial charge in [-0.05, 0) is 41.3 Å². The zero-order valence-corrected chi connectivity index (χ0v) is 11.7. The van der Waals surface area contributed by atoms with Gasteiger partial charge in [0.05, 0.1) is 6.42 Å². The lowest BCUT2D eigenvalue weighted by Gasteiger charge is -2.05. The average molecular weight is 279 g/mol. The number of hydrogen-bond donors (Lipinski definition) is 2. The maximum absolute atomic E-state index is 11.9. The third-order valence-corrected chi connectivity index (χ3v) is 3.41. The molecule has 0 radical (unpaired) electrons. The number of pyridine rings is 1. The number of nitrogens with zero attached hydrogens (tertiary/aromatic N) is 1. The van der Waals surface area contributed by atoms with E-state index in [0.717, 1.165) is 28.6 Å². The van der Waals surface area contributed by atoms with Crippen LogP contribution in [0.2, 0.25) is 0 Å². The van der Waals surface area contributed by atoms with Gasteiger partial charge in [0.15, 0.2) is 0 Å². The van der Waals surface area contributed by atoms with E-state index in [1.807, 2.05) is 48.7 Å². The Bertz CT molecular complexity index is 734. The Balaban J connectivity index is 1.51. The number of aromatic amines is 1. The number of carbonyl (C=O) groups excluding carboxylic acids is 1. The van der Waals surface area contributed by atoms with Gasteiger partial charge in [-0.15, -0.1) is 0 Å². The second-order valence-corrected chi connectivity index (χ2v) is 5.00. The summed E-state index contributed by atoms with van der Waals surface area (Å²) in [6.45, 7) is 0.613. The van der Waals surface area contributed by atoms with Crippen molar-refractivity contribution in [3.8, 4) is 0 Å². The third-order valence-electron chi connectivity index (χ3n) is 3.41. The Morgan fingerprint density at radius 1 is 1.19 bits per heavy atom. The highest BCUT2D eigenvalue weighted by atomic mass is 16.1. The highest BCUT2D eigenvalue weighted by Crippen LogP contribution is 2.14. The van der Waals surface area contributed by atoms with Crippen LogP contribution in [0.5, 0.6) is 0 Å². The first-order valence-electron chi connectivity index (χ1n) is 7.04. The van der Waals surface area contributed by atoms with E-state index >= 15 is 0 Å². The van der Waals surface area contributed by atoms with Crippen LogP contribution in [-0.4, -0.2) is 22.4 Å². The standard InChI is InChI=1S/C17H17N3O/c21-17(20-10-7-15-3-1-2-8-18-15)12-13-4-5-16-14(11-13)6-9-19-16/h1-6,8-9,11,19H,7,10,12H2,(H,20,21). The second-order valence-electron chi connectivity index (χ2n) is 5.00. The summed E-state index contributed by atoms with van der Waals surface area (Å²) in [6, 6.07) is 13.9. The molecule has 0 fully saturated rings. The van der Waals surface area contributed by atoms with E-state index in [9.17, 15) is 4.79 Å². The van der Waals surface area contributed by atoms with Gasteiger partial charge in [-0.25, -0.2) is 0 Å². The molecule has 0 aliphatic heterocycles. The maximum atomic E-state index is 11.9. The first kappa shape index (κ1) is 13.4. The zero-order valence-electron chi connectivity index (χ0n) is 11.7. The molecule has 4 nitrogen and oxygen atoms in total. The van der Waals surface area contributed by atoms with Crippen LogP contribution in [0.4, 0.5) is 0 Å². The van der Waals surface area contributed by atoms with Crippen LogP contribution < -0.4 is 5.32 Å². The van der Waals surface area contributed by atoms with Gasteiger partial charge >= 0.3 is 0 Å². The van der Waals surface area contributed by atoms with Crippen molar-refractivity contribution in [1.29, 1.82) is 0 Å². The molecule has 3 aromatic rings. The number of rotatable bonds is 5. The molecule has 0 atom stereocenters. The minimum Gasteiger partial charge on any atom is -0.361 e. The van der Waals surface area contributed by atoms with Gasteiger partial charge in [0.25, 0.3) is 0 Å². The lowest BCUT2D eigenvalue weighted by atomic mass is 10.1. The van der Waals surface area contributed by atoms with Gasteiger partial charge in [0.1, 0.15) is 0 Å². The largest absolute Gasteiger partial charge is 0.361 e. The van der Waals surface area contributed by atoms with Gasteiger partial charge in [-0.2, -0.15) is 0 Å². The van der Waals surface area contributed by atoms with Crippen LogP contribution in [0.15, 0.2) is 54.9 Å². The van der Waals surface area contributed by atoms with Gasteiger partial charge in [-0.1, -0.05) is 12.1 Å². The Morgan fingerprint density at radius 3 is 3.00 bits per heavy atom. The van der Waals surface area contributed by atoms with Crippen LogP contribution in [0, 0.1) is 0 Å². The number of carbonyl (C=O) groups is 1. The van der Waals surface area contributed by atoms with Crippen LogP contribution in [0.1, 0.15) is 11.3 Å². The fourth-order valence-corrected chi connectivity index (χ4v) is 2.34. The molecule has 1 aromatic carbocycles. The SMILES string of the molecule is O=C(Cc1ccc2[nH]ccc2c1)NCCc1ccccn1. The molecule has 106 valence electrons. The minimum atomic E-state index is 0.0424. The topological polar surface area (TPSA) is 57.8 Å². The van der Waals surface area contributed by atoms with Gasteiger partial charge in [0, 0.05) is 36.6 Å². The molecule has 2 aromatic heterocycles. The summed E-state index contributed by atoms with van der Waals surface area (Å²) in [5.41, 5.74) is 3.11. The summed E-state index contributed by atoms with van der Waals surface area (Å²) >= 11 is 0. The predicted octanol–water partition coefficient (Wildman–Crippen LogP) is 2.46. The maximum Gasteiger partial charge on any atom is 0.224 e. The Morgan fingerprint density at radius 2 is 2.14 bits per heavy atom. The van der Waals surface area contributed by atoms with E-state index in [4.69, 9.17) is 0 Å². The smallest absolute Gasteiger partial charge is 0.224 e. The molecule has 2 heterocycles. The first-order valence-corrected chi connectivity index (χ1v) is 7.04. The third kappa shape index (κ3) is 3.48. The fraction of sp³-hybridized carbons (Fsp3) is 0.176. The summed E-state index contributed by atoms with van der Waals surface area (Å²) in [4.78, 5) is 19.3. The zero-order chi connectivity index (χ0) is 14.5. The van der Waals surface area contributed by atoms with Crippen molar-refractivity contribution in [3.63, 3.8) is 0 Å². The molecule has 0 spiro atoms. The van der Waals surface area contributed by atoms with Crippen molar-refractivity contribution in [2.75, 3.05) is 6.54 Å². The van der Waals surface area contributed by atoms with Gasteiger partial charge < -0.3 is 10.3 Å². The van der Waals surface area contributed by atoms with E-state index in [2.05, 4.69) is 15.3 Å². The molecular weight excluding hydrogens is 262 g/mol. The van der Waals surface area contributed by atoms with Crippen LogP contribution in [-0.2, 0) is 17.6 Å². The van der Waals surface area contributed by atoms with E-state index in [1.165, 1.54) is 0 Å². The lowest BCUT2D eigenvalue weighted by Crippen LogP contribution is -2.27. The fourth-order valence-electron chi connectivity index (χ4n) is 2.34. The number of H-pyrrole nitrogens is 1. The number of benzene rings is 1. The lowest BCUT2D eigenvalue weighted by molar-refractivity contribution is -0.120. The first-order chi connectivity index (χ1) is 10.3. The number of aromatic nitrogens is 2. The molecule has 3 rings (SSSR count). The van der Waals surface area contributed by atoms with E-state index in [0.29, 0.717) is 13.0 Å². The number of amides is 1. The summed E-state index contributed by atoms with van der Waals surface area (Å²) in [5.74, 6) is 0.0424. The van der Waals surface area contributed by atoms with Gasteiger partial charge in [0.2, 0.25) is 5.91 Å². The summed E-state index contributed by atoms with van der Waals surface area (Å²) in [6.07, 6.45) is 4.83. The summed E-state index contributed by atoms with van der Waals surface area (Å²) in [7, 11) is 0. The molecule has 0 bridgehead atoms. The molecule has 1 amide bonds. The predicted molar refractivity (Wildman–Crippen MR) is 83.0 cm³/mol. The molecule has 4 heteroatoms. The molecule has 0 aliphatic rings. The summed E-state index contributed by atoms with van der Waals surface area (Å²) in [5, 5.41) is 4.07. The molecule has 21 heavy (non-hydrogen) atoms. The number of nitrogens with one attached hydrogen (secondary N) is 2. The number of hydrogen-bond acceptors (Lipinski definition) is 2. The molecular formula is C17H17N3O. The van der Waals surface area contributed by atoms with Crippen molar-refractivity contribution in [2.45, 2.75) is 12.8 Å². The normalized spacial score (nSPS) is 10.7. The molecule has 0 unspecified atom stereocenters. The second kappa shape index (κ2) is 6.22.